The Labute approximate surface area is 114 Å². The Morgan fingerprint density at radius 3 is 2.22 bits per heavy atom. The van der Waals surface area contributed by atoms with Crippen LogP contribution in [0.15, 0.2) is 22.8 Å². The number of nitrogens with two attached hydrogens (primary N) is 1. The number of allylic oxidation sites excluding steroid dienone is 3. The highest BCUT2D eigenvalue weighted by Crippen LogP contribution is 2.52. The van der Waals surface area contributed by atoms with Gasteiger partial charge in [0.05, 0.1) is 0 Å². The van der Waals surface area contributed by atoms with E-state index in [1.165, 1.54) is 18.4 Å². The molecule has 0 fully saturated rings. The van der Waals surface area contributed by atoms with Crippen molar-refractivity contribution in [1.29, 1.82) is 0 Å². The molecule has 1 heteroatoms. The molecular formula is C17H31N. The maximum Gasteiger partial charge on any atom is 0.0136 e. The Balaban J connectivity index is 0.000000771. The summed E-state index contributed by atoms with van der Waals surface area (Å²) in [7, 11) is 0. The molecule has 2 aliphatic rings. The van der Waals surface area contributed by atoms with Crippen LogP contribution in [0.1, 0.15) is 67.7 Å². The van der Waals surface area contributed by atoms with Gasteiger partial charge in [-0.2, -0.15) is 0 Å². The molecule has 104 valence electrons. The Morgan fingerprint density at radius 2 is 1.67 bits per heavy atom. The lowest BCUT2D eigenvalue weighted by molar-refractivity contribution is 0.217. The van der Waals surface area contributed by atoms with Crippen LogP contribution in [0, 0.1) is 10.8 Å². The number of hydrogen-bond acceptors (Lipinski definition) is 1. The van der Waals surface area contributed by atoms with Crippen molar-refractivity contribution in [3.63, 3.8) is 0 Å². The van der Waals surface area contributed by atoms with Gasteiger partial charge in [0.1, 0.15) is 0 Å². The summed E-state index contributed by atoms with van der Waals surface area (Å²) in [6, 6.07) is 0.299. The van der Waals surface area contributed by atoms with Crippen molar-refractivity contribution in [1.82, 2.24) is 0 Å². The van der Waals surface area contributed by atoms with E-state index in [1.54, 1.807) is 11.1 Å². The van der Waals surface area contributed by atoms with Crippen molar-refractivity contribution in [2.75, 3.05) is 0 Å². The van der Waals surface area contributed by atoms with Crippen molar-refractivity contribution in [3.8, 4) is 0 Å². The van der Waals surface area contributed by atoms with E-state index in [4.69, 9.17) is 5.73 Å². The first-order chi connectivity index (χ1) is 8.25. The van der Waals surface area contributed by atoms with Gasteiger partial charge in [0.25, 0.3) is 0 Å². The molecule has 1 unspecified atom stereocenters. The van der Waals surface area contributed by atoms with Crippen LogP contribution in [0.25, 0.3) is 0 Å². The molecule has 0 spiro atoms. The Morgan fingerprint density at radius 1 is 1.11 bits per heavy atom. The van der Waals surface area contributed by atoms with Crippen LogP contribution in [-0.4, -0.2) is 6.04 Å². The lowest BCUT2D eigenvalue weighted by Gasteiger charge is -2.48. The molecule has 0 saturated carbocycles. The van der Waals surface area contributed by atoms with Crippen LogP contribution in [0.3, 0.4) is 0 Å². The van der Waals surface area contributed by atoms with E-state index in [0.29, 0.717) is 6.04 Å². The van der Waals surface area contributed by atoms with Crippen LogP contribution < -0.4 is 5.73 Å². The van der Waals surface area contributed by atoms with Gasteiger partial charge in [-0.3, -0.25) is 0 Å². The van der Waals surface area contributed by atoms with E-state index < -0.39 is 0 Å². The summed E-state index contributed by atoms with van der Waals surface area (Å²) < 4.78 is 0. The van der Waals surface area contributed by atoms with E-state index in [-0.39, 0.29) is 10.8 Å². The predicted molar refractivity (Wildman–Crippen MR) is 81.5 cm³/mol. The predicted octanol–water partition coefficient (Wildman–Crippen LogP) is 4.83. The molecule has 0 radical (unpaired) electrons. The van der Waals surface area contributed by atoms with Gasteiger partial charge in [-0.25, -0.2) is 0 Å². The average Bonchev–Trinajstić information content (AvgIpc) is 2.29. The van der Waals surface area contributed by atoms with Gasteiger partial charge in [0.15, 0.2) is 0 Å². The van der Waals surface area contributed by atoms with Crippen LogP contribution in [0.2, 0.25) is 0 Å². The molecule has 0 saturated heterocycles. The highest BCUT2D eigenvalue weighted by Gasteiger charge is 2.43. The first-order valence-corrected chi connectivity index (χ1v) is 7.42. The van der Waals surface area contributed by atoms with Crippen molar-refractivity contribution >= 4 is 0 Å². The zero-order chi connectivity index (χ0) is 14.1. The van der Waals surface area contributed by atoms with Gasteiger partial charge in [-0.1, -0.05) is 58.8 Å². The third kappa shape index (κ3) is 2.56. The summed E-state index contributed by atoms with van der Waals surface area (Å²) in [6.07, 6.45) is 5.95. The van der Waals surface area contributed by atoms with Gasteiger partial charge >= 0.3 is 0 Å². The van der Waals surface area contributed by atoms with Crippen LogP contribution >= 0.6 is 0 Å². The minimum atomic E-state index is 0.183. The molecule has 0 bridgehead atoms. The van der Waals surface area contributed by atoms with E-state index >= 15 is 0 Å². The molecule has 2 aliphatic carbocycles. The van der Waals surface area contributed by atoms with Crippen molar-refractivity contribution in [2.45, 2.75) is 73.8 Å². The molecule has 0 aliphatic heterocycles. The Kier molecular flexibility index (Phi) is 4.48. The third-order valence-electron chi connectivity index (χ3n) is 4.65. The molecule has 0 amide bonds. The quantitative estimate of drug-likeness (QED) is 0.653. The van der Waals surface area contributed by atoms with E-state index in [0.717, 1.165) is 6.42 Å². The minimum Gasteiger partial charge on any atom is -0.327 e. The fourth-order valence-corrected chi connectivity index (χ4v) is 3.27. The van der Waals surface area contributed by atoms with Crippen molar-refractivity contribution in [2.24, 2.45) is 16.6 Å². The topological polar surface area (TPSA) is 26.0 Å². The first-order valence-electron chi connectivity index (χ1n) is 7.42. The van der Waals surface area contributed by atoms with E-state index in [1.807, 2.05) is 13.8 Å². The maximum absolute atomic E-state index is 6.37. The summed E-state index contributed by atoms with van der Waals surface area (Å²) in [5.41, 5.74) is 11.5. The van der Waals surface area contributed by atoms with Gasteiger partial charge in [0.2, 0.25) is 0 Å². The SMILES string of the molecule is CC.CC1=CC2=C(CC1)C(C)(C)C(N)CC2(C)C. The summed E-state index contributed by atoms with van der Waals surface area (Å²) in [5, 5.41) is 0. The number of rotatable bonds is 0. The lowest BCUT2D eigenvalue weighted by atomic mass is 9.58. The fourth-order valence-electron chi connectivity index (χ4n) is 3.27. The zero-order valence-corrected chi connectivity index (χ0v) is 13.4. The summed E-state index contributed by atoms with van der Waals surface area (Å²) in [4.78, 5) is 0. The summed E-state index contributed by atoms with van der Waals surface area (Å²) >= 11 is 0. The standard InChI is InChI=1S/C15H25N.C2H6/c1-10-6-7-11-12(8-10)14(2,3)9-13(16)15(11,4)5;1-2/h8,13H,6-7,9,16H2,1-5H3;1-2H3. The van der Waals surface area contributed by atoms with Gasteiger partial charge in [-0.05, 0) is 37.2 Å². The van der Waals surface area contributed by atoms with E-state index in [2.05, 4.69) is 40.7 Å². The van der Waals surface area contributed by atoms with Gasteiger partial charge in [0, 0.05) is 11.5 Å². The lowest BCUT2D eigenvalue weighted by Crippen LogP contribution is -2.47. The summed E-state index contributed by atoms with van der Waals surface area (Å²) in [5.74, 6) is 0. The monoisotopic (exact) mass is 249 g/mol. The second-order valence-electron chi connectivity index (χ2n) is 6.80. The molecule has 2 rings (SSSR count). The minimum absolute atomic E-state index is 0.183. The second kappa shape index (κ2) is 5.21. The average molecular weight is 249 g/mol. The first kappa shape index (κ1) is 15.5. The molecule has 0 aromatic carbocycles. The van der Waals surface area contributed by atoms with Gasteiger partial charge in [-0.15, -0.1) is 0 Å². The normalized spacial score (nSPS) is 28.9. The largest absolute Gasteiger partial charge is 0.327 e. The van der Waals surface area contributed by atoms with E-state index in [9.17, 15) is 0 Å². The molecule has 2 N–H and O–H groups in total. The highest BCUT2D eigenvalue weighted by molar-refractivity contribution is 5.43. The Bertz CT molecular complexity index is 369. The van der Waals surface area contributed by atoms with Gasteiger partial charge < -0.3 is 5.73 Å². The molecule has 0 aromatic heterocycles. The molecule has 0 aromatic rings. The third-order valence-corrected chi connectivity index (χ3v) is 4.65. The van der Waals surface area contributed by atoms with Crippen LogP contribution in [0.4, 0.5) is 0 Å². The molecule has 18 heavy (non-hydrogen) atoms. The fraction of sp³-hybridized carbons (Fsp3) is 0.765. The molecular weight excluding hydrogens is 218 g/mol. The van der Waals surface area contributed by atoms with Crippen molar-refractivity contribution in [3.05, 3.63) is 22.8 Å². The van der Waals surface area contributed by atoms with Crippen LogP contribution in [0.5, 0.6) is 0 Å². The molecule has 1 nitrogen and oxygen atoms in total. The van der Waals surface area contributed by atoms with Crippen LogP contribution in [-0.2, 0) is 0 Å². The highest BCUT2D eigenvalue weighted by atomic mass is 14.7. The number of hydrogen-bond donors (Lipinski definition) is 1. The Hall–Kier alpha value is -0.560. The molecule has 1 atom stereocenters. The molecule has 0 heterocycles. The van der Waals surface area contributed by atoms with Crippen molar-refractivity contribution < 1.29 is 0 Å². The zero-order valence-electron chi connectivity index (χ0n) is 13.4. The summed E-state index contributed by atoms with van der Waals surface area (Å²) in [6.45, 7) is 15.6. The second-order valence-corrected chi connectivity index (χ2v) is 6.80. The maximum atomic E-state index is 6.37. The smallest absolute Gasteiger partial charge is 0.0136 e.